The van der Waals surface area contributed by atoms with Crippen LogP contribution in [0.25, 0.3) is 0 Å². The molecule has 1 fully saturated rings. The summed E-state index contributed by atoms with van der Waals surface area (Å²) in [5, 5.41) is 9.04. The Bertz CT molecular complexity index is 459. The van der Waals surface area contributed by atoms with Crippen LogP contribution in [-0.2, 0) is 4.79 Å². The van der Waals surface area contributed by atoms with Crippen LogP contribution in [0.15, 0.2) is 18.3 Å². The Morgan fingerprint density at radius 3 is 2.94 bits per heavy atom. The highest BCUT2D eigenvalue weighted by atomic mass is 16.4. The molecular formula is C12H14N2O3. The monoisotopic (exact) mass is 234 g/mol. The quantitative estimate of drug-likeness (QED) is 0.831. The number of carbonyl (C=O) groups is 2. The minimum absolute atomic E-state index is 0.236. The van der Waals surface area contributed by atoms with E-state index >= 15 is 0 Å². The summed E-state index contributed by atoms with van der Waals surface area (Å²) in [5.41, 5.74) is 1.12. The van der Waals surface area contributed by atoms with Gasteiger partial charge in [-0.1, -0.05) is 0 Å². The topological polar surface area (TPSA) is 70.5 Å². The lowest BCUT2D eigenvalue weighted by Gasteiger charge is -2.21. The number of aryl methyl sites for hydroxylation is 1. The van der Waals surface area contributed by atoms with E-state index in [2.05, 4.69) is 4.98 Å². The van der Waals surface area contributed by atoms with Crippen LogP contribution in [0, 0.1) is 6.92 Å². The highest BCUT2D eigenvalue weighted by Gasteiger charge is 2.34. The Morgan fingerprint density at radius 1 is 1.53 bits per heavy atom. The van der Waals surface area contributed by atoms with Gasteiger partial charge in [-0.15, -0.1) is 0 Å². The maximum Gasteiger partial charge on any atom is 0.326 e. The first-order valence-electron chi connectivity index (χ1n) is 5.56. The molecule has 1 aliphatic rings. The smallest absolute Gasteiger partial charge is 0.326 e. The van der Waals surface area contributed by atoms with E-state index in [1.54, 1.807) is 25.3 Å². The first-order chi connectivity index (χ1) is 8.11. The van der Waals surface area contributed by atoms with Crippen molar-refractivity contribution in [2.24, 2.45) is 0 Å². The molecule has 2 heterocycles. The summed E-state index contributed by atoms with van der Waals surface area (Å²) in [6, 6.07) is 2.68. The number of hydrogen-bond donors (Lipinski definition) is 1. The molecule has 1 amide bonds. The van der Waals surface area contributed by atoms with Crippen molar-refractivity contribution < 1.29 is 14.7 Å². The Hall–Kier alpha value is -1.91. The number of pyridine rings is 1. The predicted molar refractivity (Wildman–Crippen MR) is 60.7 cm³/mol. The average molecular weight is 234 g/mol. The van der Waals surface area contributed by atoms with E-state index < -0.39 is 12.0 Å². The van der Waals surface area contributed by atoms with Crippen LogP contribution in [0.2, 0.25) is 0 Å². The van der Waals surface area contributed by atoms with E-state index in [9.17, 15) is 9.59 Å². The third-order valence-electron chi connectivity index (χ3n) is 3.04. The molecule has 1 aromatic heterocycles. The lowest BCUT2D eigenvalue weighted by molar-refractivity contribution is -0.141. The third kappa shape index (κ3) is 2.13. The first kappa shape index (κ1) is 11.6. The number of aliphatic carboxylic acids is 1. The highest BCUT2D eigenvalue weighted by molar-refractivity contribution is 5.97. The van der Waals surface area contributed by atoms with Gasteiger partial charge in [-0.25, -0.2) is 4.79 Å². The SMILES string of the molecule is Cc1ncccc1C(=O)N1CCCC1C(=O)O. The largest absolute Gasteiger partial charge is 0.480 e. The van der Waals surface area contributed by atoms with E-state index in [0.29, 0.717) is 24.2 Å². The van der Waals surface area contributed by atoms with Gasteiger partial charge in [0.05, 0.1) is 5.56 Å². The second-order valence-electron chi connectivity index (χ2n) is 4.13. The van der Waals surface area contributed by atoms with Gasteiger partial charge >= 0.3 is 5.97 Å². The van der Waals surface area contributed by atoms with Crippen LogP contribution in [0.4, 0.5) is 0 Å². The maximum absolute atomic E-state index is 12.2. The van der Waals surface area contributed by atoms with Crippen molar-refractivity contribution in [1.29, 1.82) is 0 Å². The van der Waals surface area contributed by atoms with Crippen molar-refractivity contribution in [2.45, 2.75) is 25.8 Å². The summed E-state index contributed by atoms with van der Waals surface area (Å²) in [6.45, 7) is 2.25. The molecule has 90 valence electrons. The fourth-order valence-electron chi connectivity index (χ4n) is 2.13. The van der Waals surface area contributed by atoms with Crippen molar-refractivity contribution in [1.82, 2.24) is 9.88 Å². The minimum atomic E-state index is -0.933. The fourth-order valence-corrected chi connectivity index (χ4v) is 2.13. The number of likely N-dealkylation sites (tertiary alicyclic amines) is 1. The van der Waals surface area contributed by atoms with Crippen molar-refractivity contribution in [3.63, 3.8) is 0 Å². The molecule has 2 rings (SSSR count). The molecule has 0 aliphatic carbocycles. The number of hydrogen-bond acceptors (Lipinski definition) is 3. The number of carboxylic acid groups (broad SMARTS) is 1. The Morgan fingerprint density at radius 2 is 2.29 bits per heavy atom. The number of amides is 1. The zero-order chi connectivity index (χ0) is 12.4. The van der Waals surface area contributed by atoms with Gasteiger partial charge in [0, 0.05) is 18.4 Å². The van der Waals surface area contributed by atoms with Crippen LogP contribution >= 0.6 is 0 Å². The zero-order valence-electron chi connectivity index (χ0n) is 9.59. The van der Waals surface area contributed by atoms with Crippen molar-refractivity contribution in [2.75, 3.05) is 6.54 Å². The van der Waals surface area contributed by atoms with Gasteiger partial charge < -0.3 is 10.0 Å². The van der Waals surface area contributed by atoms with E-state index in [0.717, 1.165) is 6.42 Å². The third-order valence-corrected chi connectivity index (χ3v) is 3.04. The molecule has 0 saturated carbocycles. The van der Waals surface area contributed by atoms with Crippen molar-refractivity contribution in [3.8, 4) is 0 Å². The predicted octanol–water partition coefficient (Wildman–Crippen LogP) is 1.08. The normalized spacial score (nSPS) is 19.4. The van der Waals surface area contributed by atoms with E-state index in [4.69, 9.17) is 5.11 Å². The van der Waals surface area contributed by atoms with Crippen LogP contribution < -0.4 is 0 Å². The number of aromatic nitrogens is 1. The van der Waals surface area contributed by atoms with Gasteiger partial charge in [0.2, 0.25) is 0 Å². The van der Waals surface area contributed by atoms with Crippen molar-refractivity contribution >= 4 is 11.9 Å². The van der Waals surface area contributed by atoms with Gasteiger partial charge in [0.15, 0.2) is 0 Å². The summed E-state index contributed by atoms with van der Waals surface area (Å²) < 4.78 is 0. The number of carboxylic acids is 1. The number of carbonyl (C=O) groups excluding carboxylic acids is 1. The van der Waals surface area contributed by atoms with Crippen LogP contribution in [0.1, 0.15) is 28.9 Å². The summed E-state index contributed by atoms with van der Waals surface area (Å²) in [7, 11) is 0. The van der Waals surface area contributed by atoms with E-state index in [1.807, 2.05) is 0 Å². The summed E-state index contributed by atoms with van der Waals surface area (Å²) >= 11 is 0. The van der Waals surface area contributed by atoms with Gasteiger partial charge in [-0.2, -0.15) is 0 Å². The van der Waals surface area contributed by atoms with E-state index in [-0.39, 0.29) is 5.91 Å². The Kier molecular flexibility index (Phi) is 3.08. The summed E-state index contributed by atoms with van der Waals surface area (Å²) in [5.74, 6) is -1.17. The number of nitrogens with zero attached hydrogens (tertiary/aromatic N) is 2. The average Bonchev–Trinajstić information content (AvgIpc) is 2.77. The second kappa shape index (κ2) is 4.53. The van der Waals surface area contributed by atoms with Gasteiger partial charge in [-0.3, -0.25) is 9.78 Å². The van der Waals surface area contributed by atoms with Gasteiger partial charge in [0.25, 0.3) is 5.91 Å². The molecule has 1 N–H and O–H groups in total. The Labute approximate surface area is 99.1 Å². The molecule has 1 aliphatic heterocycles. The fraction of sp³-hybridized carbons (Fsp3) is 0.417. The molecule has 1 saturated heterocycles. The first-order valence-corrected chi connectivity index (χ1v) is 5.56. The molecule has 5 heteroatoms. The molecule has 0 aromatic carbocycles. The lowest BCUT2D eigenvalue weighted by Crippen LogP contribution is -2.40. The molecule has 0 bridgehead atoms. The standard InChI is InChI=1S/C12H14N2O3/c1-8-9(4-2-6-13-8)11(15)14-7-3-5-10(14)12(16)17/h2,4,6,10H,3,5,7H2,1H3,(H,16,17). The lowest BCUT2D eigenvalue weighted by atomic mass is 10.1. The zero-order valence-corrected chi connectivity index (χ0v) is 9.59. The molecule has 5 nitrogen and oxygen atoms in total. The summed E-state index contributed by atoms with van der Waals surface area (Å²) in [6.07, 6.45) is 2.88. The molecule has 0 spiro atoms. The Balaban J connectivity index is 2.26. The molecule has 17 heavy (non-hydrogen) atoms. The molecule has 1 atom stereocenters. The van der Waals surface area contributed by atoms with E-state index in [1.165, 1.54) is 4.90 Å². The highest BCUT2D eigenvalue weighted by Crippen LogP contribution is 2.21. The number of rotatable bonds is 2. The molecule has 1 aromatic rings. The molecular weight excluding hydrogens is 220 g/mol. The minimum Gasteiger partial charge on any atom is -0.480 e. The van der Waals surface area contributed by atoms with Gasteiger partial charge in [0.1, 0.15) is 6.04 Å². The molecule has 0 radical (unpaired) electrons. The van der Waals surface area contributed by atoms with Crippen LogP contribution in [-0.4, -0.2) is 39.5 Å². The maximum atomic E-state index is 12.2. The van der Waals surface area contributed by atoms with Crippen LogP contribution in [0.3, 0.4) is 0 Å². The summed E-state index contributed by atoms with van der Waals surface area (Å²) in [4.78, 5) is 28.7. The van der Waals surface area contributed by atoms with Gasteiger partial charge in [-0.05, 0) is 31.9 Å². The van der Waals surface area contributed by atoms with Crippen molar-refractivity contribution in [3.05, 3.63) is 29.6 Å². The molecule has 1 unspecified atom stereocenters. The van der Waals surface area contributed by atoms with Crippen LogP contribution in [0.5, 0.6) is 0 Å². The second-order valence-corrected chi connectivity index (χ2v) is 4.13.